The third kappa shape index (κ3) is 6.14. The van der Waals surface area contributed by atoms with E-state index < -0.39 is 46.5 Å². The number of nitrogens with one attached hydrogen (secondary N) is 1. The van der Waals surface area contributed by atoms with Crippen molar-refractivity contribution in [2.45, 2.75) is 23.8 Å². The van der Waals surface area contributed by atoms with E-state index in [1.807, 2.05) is 0 Å². The van der Waals surface area contributed by atoms with Crippen molar-refractivity contribution in [3.8, 4) is 11.5 Å². The van der Waals surface area contributed by atoms with Gasteiger partial charge < -0.3 is 14.4 Å². The van der Waals surface area contributed by atoms with Crippen LogP contribution in [0, 0.1) is 0 Å². The standard InChI is InChI=1S/C25H21ClF3N3O7S/c1-38-18-8-10-20(11-9-18)40(36,37)32-13-16-2-5-17(26)12-21(16)31(14-22(32)23(33)30-35)24(34)15-3-6-19(7-4-15)39-25(27,28)29/h2-12,22,35H,13-14H2,1H3,(H,30,33). The molecule has 1 heterocycles. The van der Waals surface area contributed by atoms with Crippen molar-refractivity contribution < 1.29 is 45.9 Å². The Morgan fingerprint density at radius 1 is 1.02 bits per heavy atom. The summed E-state index contributed by atoms with van der Waals surface area (Å²) < 4.78 is 74.9. The van der Waals surface area contributed by atoms with Crippen LogP contribution in [0.1, 0.15) is 15.9 Å². The molecule has 2 amide bonds. The van der Waals surface area contributed by atoms with Gasteiger partial charge in [-0.05, 0) is 66.2 Å². The zero-order valence-electron chi connectivity index (χ0n) is 20.6. The molecule has 0 fully saturated rings. The average Bonchev–Trinajstić information content (AvgIpc) is 3.09. The topological polar surface area (TPSA) is 125 Å². The van der Waals surface area contributed by atoms with Crippen LogP contribution >= 0.6 is 11.6 Å². The zero-order chi connectivity index (χ0) is 29.2. The lowest BCUT2D eigenvalue weighted by Gasteiger charge is -2.29. The Morgan fingerprint density at radius 3 is 2.23 bits per heavy atom. The summed E-state index contributed by atoms with van der Waals surface area (Å²) in [6, 6.07) is 12.2. The predicted molar refractivity (Wildman–Crippen MR) is 136 cm³/mol. The van der Waals surface area contributed by atoms with Crippen LogP contribution in [0.3, 0.4) is 0 Å². The number of nitrogens with zero attached hydrogens (tertiary/aromatic N) is 2. The van der Waals surface area contributed by atoms with Gasteiger partial charge in [-0.1, -0.05) is 17.7 Å². The van der Waals surface area contributed by atoms with Gasteiger partial charge in [-0.3, -0.25) is 14.8 Å². The maximum absolute atomic E-state index is 13.7. The van der Waals surface area contributed by atoms with E-state index in [2.05, 4.69) is 4.74 Å². The maximum Gasteiger partial charge on any atom is 0.573 e. The fraction of sp³-hybridized carbons (Fsp3) is 0.200. The number of hydroxylamine groups is 1. The van der Waals surface area contributed by atoms with E-state index in [4.69, 9.17) is 16.3 Å². The third-order valence-corrected chi connectivity index (χ3v) is 8.13. The number of methoxy groups -OCH3 is 1. The van der Waals surface area contributed by atoms with E-state index in [-0.39, 0.29) is 27.7 Å². The number of hydrogen-bond donors (Lipinski definition) is 2. The minimum absolute atomic E-state index is 0.0879. The maximum atomic E-state index is 13.7. The lowest BCUT2D eigenvalue weighted by atomic mass is 10.1. The lowest BCUT2D eigenvalue weighted by molar-refractivity contribution is -0.274. The molecule has 1 aliphatic rings. The molecule has 0 radical (unpaired) electrons. The van der Waals surface area contributed by atoms with Crippen molar-refractivity contribution in [3.63, 3.8) is 0 Å². The highest BCUT2D eigenvalue weighted by Crippen LogP contribution is 2.34. The number of carbonyl (C=O) groups is 2. The fourth-order valence-corrected chi connectivity index (χ4v) is 5.86. The number of anilines is 1. The van der Waals surface area contributed by atoms with Gasteiger partial charge in [-0.15, -0.1) is 13.2 Å². The molecule has 0 spiro atoms. The summed E-state index contributed by atoms with van der Waals surface area (Å²) in [5.74, 6) is -2.07. The summed E-state index contributed by atoms with van der Waals surface area (Å²) in [7, 11) is -2.99. The van der Waals surface area contributed by atoms with Crippen LogP contribution in [0.15, 0.2) is 71.6 Å². The van der Waals surface area contributed by atoms with Crippen molar-refractivity contribution in [1.29, 1.82) is 0 Å². The first kappa shape index (κ1) is 29.1. The highest BCUT2D eigenvalue weighted by molar-refractivity contribution is 7.89. The first-order valence-electron chi connectivity index (χ1n) is 11.4. The number of halogens is 4. The Bertz CT molecular complexity index is 1520. The Balaban J connectivity index is 1.78. The number of rotatable bonds is 6. The van der Waals surface area contributed by atoms with E-state index in [9.17, 15) is 36.4 Å². The molecule has 0 bridgehead atoms. The first-order chi connectivity index (χ1) is 18.8. The minimum atomic E-state index is -4.93. The molecule has 0 aliphatic carbocycles. The molecule has 1 atom stereocenters. The molecule has 1 unspecified atom stereocenters. The van der Waals surface area contributed by atoms with Crippen molar-refractivity contribution in [3.05, 3.63) is 82.9 Å². The molecule has 10 nitrogen and oxygen atoms in total. The number of amides is 2. The summed E-state index contributed by atoms with van der Waals surface area (Å²) in [6.45, 7) is -0.962. The van der Waals surface area contributed by atoms with Crippen molar-refractivity contribution in [2.24, 2.45) is 0 Å². The molecule has 0 aromatic heterocycles. The highest BCUT2D eigenvalue weighted by atomic mass is 35.5. The first-order valence-corrected chi connectivity index (χ1v) is 13.2. The van der Waals surface area contributed by atoms with Gasteiger partial charge in [0.25, 0.3) is 11.8 Å². The molecule has 212 valence electrons. The number of carbonyl (C=O) groups excluding carboxylic acids is 2. The number of fused-ring (bicyclic) bond motifs is 1. The summed E-state index contributed by atoms with van der Waals surface area (Å²) in [6.07, 6.45) is -4.93. The molecule has 40 heavy (non-hydrogen) atoms. The number of ether oxygens (including phenoxy) is 2. The largest absolute Gasteiger partial charge is 0.573 e. The Labute approximate surface area is 231 Å². The van der Waals surface area contributed by atoms with Crippen molar-refractivity contribution >= 4 is 39.1 Å². The van der Waals surface area contributed by atoms with Gasteiger partial charge >= 0.3 is 6.36 Å². The van der Waals surface area contributed by atoms with Crippen LogP contribution in [0.25, 0.3) is 0 Å². The fourth-order valence-electron chi connectivity index (χ4n) is 4.13. The predicted octanol–water partition coefficient (Wildman–Crippen LogP) is 3.97. The van der Waals surface area contributed by atoms with Crippen LogP contribution < -0.4 is 19.9 Å². The third-order valence-electron chi connectivity index (χ3n) is 6.03. The minimum Gasteiger partial charge on any atom is -0.497 e. The average molecular weight is 600 g/mol. The summed E-state index contributed by atoms with van der Waals surface area (Å²) in [5, 5.41) is 9.65. The van der Waals surface area contributed by atoms with Gasteiger partial charge in [0.05, 0.1) is 24.2 Å². The van der Waals surface area contributed by atoms with E-state index >= 15 is 0 Å². The quantitative estimate of drug-likeness (QED) is 0.324. The number of benzene rings is 3. The van der Waals surface area contributed by atoms with Crippen LogP contribution in [-0.2, 0) is 21.4 Å². The van der Waals surface area contributed by atoms with Crippen LogP contribution in [0.4, 0.5) is 18.9 Å². The van der Waals surface area contributed by atoms with E-state index in [0.29, 0.717) is 11.3 Å². The van der Waals surface area contributed by atoms with E-state index in [1.54, 1.807) is 0 Å². The molecule has 1 aliphatic heterocycles. The van der Waals surface area contributed by atoms with Gasteiger partial charge in [0, 0.05) is 17.1 Å². The second kappa shape index (κ2) is 11.3. The molecule has 15 heteroatoms. The molecule has 3 aromatic rings. The number of alkyl halides is 3. The Morgan fingerprint density at radius 2 is 1.65 bits per heavy atom. The Kier molecular flexibility index (Phi) is 8.25. The van der Waals surface area contributed by atoms with Gasteiger partial charge in [-0.25, -0.2) is 13.9 Å². The second-order valence-corrected chi connectivity index (χ2v) is 10.8. The molecule has 0 saturated heterocycles. The summed E-state index contributed by atoms with van der Waals surface area (Å²) >= 11 is 6.18. The van der Waals surface area contributed by atoms with Gasteiger partial charge in [-0.2, -0.15) is 4.31 Å². The van der Waals surface area contributed by atoms with Crippen molar-refractivity contribution in [1.82, 2.24) is 9.79 Å². The molecule has 0 saturated carbocycles. The highest BCUT2D eigenvalue weighted by Gasteiger charge is 2.42. The van der Waals surface area contributed by atoms with E-state index in [1.165, 1.54) is 55.1 Å². The number of hydrogen-bond acceptors (Lipinski definition) is 7. The van der Waals surface area contributed by atoms with Crippen LogP contribution in [0.5, 0.6) is 11.5 Å². The van der Waals surface area contributed by atoms with Gasteiger partial charge in [0.1, 0.15) is 17.5 Å². The second-order valence-electron chi connectivity index (χ2n) is 8.48. The van der Waals surface area contributed by atoms with Crippen molar-refractivity contribution in [2.75, 3.05) is 18.6 Å². The van der Waals surface area contributed by atoms with Gasteiger partial charge in [0.15, 0.2) is 0 Å². The van der Waals surface area contributed by atoms with Crippen LogP contribution in [0.2, 0.25) is 5.02 Å². The molecular formula is C25H21ClF3N3O7S. The van der Waals surface area contributed by atoms with Gasteiger partial charge in [0.2, 0.25) is 10.0 Å². The van der Waals surface area contributed by atoms with E-state index in [0.717, 1.165) is 33.5 Å². The normalized spacial score (nSPS) is 16.1. The molecular weight excluding hydrogens is 579 g/mol. The number of sulfonamides is 1. The zero-order valence-corrected chi connectivity index (χ0v) is 22.1. The summed E-state index contributed by atoms with van der Waals surface area (Å²) in [5.41, 5.74) is 1.82. The Hall–Kier alpha value is -3.85. The SMILES string of the molecule is COc1ccc(S(=O)(=O)N2Cc3ccc(Cl)cc3N(C(=O)c3ccc(OC(F)(F)F)cc3)CC2C(=O)NO)cc1. The monoisotopic (exact) mass is 599 g/mol. The smallest absolute Gasteiger partial charge is 0.497 e. The summed E-state index contributed by atoms with van der Waals surface area (Å²) in [4.78, 5) is 27.3. The molecule has 4 rings (SSSR count). The van der Waals surface area contributed by atoms with Crippen LogP contribution in [-0.4, -0.2) is 55.8 Å². The molecule has 3 aromatic carbocycles. The lowest BCUT2D eigenvalue weighted by Crippen LogP contribution is -2.53. The molecule has 2 N–H and O–H groups in total.